The van der Waals surface area contributed by atoms with Crippen molar-refractivity contribution in [3.8, 4) is 0 Å². The highest BCUT2D eigenvalue weighted by atomic mass is 15.1. The first kappa shape index (κ1) is 12.9. The monoisotopic (exact) mass is 268 g/mol. The molecule has 0 radical (unpaired) electrons. The van der Waals surface area contributed by atoms with E-state index in [9.17, 15) is 0 Å². The predicted molar refractivity (Wildman–Crippen MR) is 82.2 cm³/mol. The van der Waals surface area contributed by atoms with E-state index >= 15 is 0 Å². The fourth-order valence-corrected chi connectivity index (χ4v) is 2.86. The molecule has 1 aromatic heterocycles. The van der Waals surface area contributed by atoms with Gasteiger partial charge in [-0.3, -0.25) is 0 Å². The third kappa shape index (κ3) is 2.46. The number of benzene rings is 1. The number of nitrogens with one attached hydrogen (secondary N) is 2. The average Bonchev–Trinajstić information content (AvgIpc) is 2.49. The normalized spacial score (nSPS) is 17.4. The summed E-state index contributed by atoms with van der Waals surface area (Å²) in [5.41, 5.74) is 4.02. The first-order valence-corrected chi connectivity index (χ1v) is 7.10. The molecule has 0 saturated carbocycles. The van der Waals surface area contributed by atoms with Gasteiger partial charge in [-0.15, -0.1) is 0 Å². The van der Waals surface area contributed by atoms with Crippen molar-refractivity contribution in [3.05, 3.63) is 47.3 Å². The van der Waals surface area contributed by atoms with Crippen LogP contribution in [0.3, 0.4) is 0 Å². The van der Waals surface area contributed by atoms with E-state index in [-0.39, 0.29) is 0 Å². The molecule has 0 amide bonds. The molecule has 1 unspecified atom stereocenters. The number of hydrogen-bond acceptors (Lipinski definition) is 4. The predicted octanol–water partition coefficient (Wildman–Crippen LogP) is 2.80. The van der Waals surface area contributed by atoms with Crippen LogP contribution in [0.1, 0.15) is 23.1 Å². The maximum atomic E-state index is 4.37. The van der Waals surface area contributed by atoms with Crippen LogP contribution >= 0.6 is 0 Å². The van der Waals surface area contributed by atoms with Gasteiger partial charge in [0.15, 0.2) is 0 Å². The molecule has 1 atom stereocenters. The summed E-state index contributed by atoms with van der Waals surface area (Å²) in [7, 11) is 1.88. The second kappa shape index (κ2) is 5.49. The fourth-order valence-electron chi connectivity index (χ4n) is 2.86. The van der Waals surface area contributed by atoms with E-state index in [1.165, 1.54) is 11.1 Å². The van der Waals surface area contributed by atoms with Crippen molar-refractivity contribution in [1.29, 1.82) is 0 Å². The Hall–Kier alpha value is -2.10. The summed E-state index contributed by atoms with van der Waals surface area (Å²) in [5.74, 6) is 1.83. The summed E-state index contributed by atoms with van der Waals surface area (Å²) in [6, 6.07) is 9.16. The van der Waals surface area contributed by atoms with Crippen LogP contribution in [0.15, 0.2) is 30.6 Å². The van der Waals surface area contributed by atoms with Crippen molar-refractivity contribution in [1.82, 2.24) is 9.97 Å². The lowest BCUT2D eigenvalue weighted by atomic mass is 9.88. The van der Waals surface area contributed by atoms with Gasteiger partial charge in [-0.2, -0.15) is 0 Å². The van der Waals surface area contributed by atoms with E-state index in [0.29, 0.717) is 6.04 Å². The van der Waals surface area contributed by atoms with E-state index in [1.807, 2.05) is 14.0 Å². The van der Waals surface area contributed by atoms with Gasteiger partial charge in [0.25, 0.3) is 0 Å². The Balaban J connectivity index is 1.77. The fraction of sp³-hybridized carbons (Fsp3) is 0.375. The molecular formula is C16H20N4. The van der Waals surface area contributed by atoms with Crippen molar-refractivity contribution >= 4 is 11.6 Å². The zero-order chi connectivity index (χ0) is 13.9. The van der Waals surface area contributed by atoms with Gasteiger partial charge in [-0.05, 0) is 37.3 Å². The van der Waals surface area contributed by atoms with E-state index in [0.717, 1.165) is 36.5 Å². The van der Waals surface area contributed by atoms with Crippen molar-refractivity contribution in [3.63, 3.8) is 0 Å². The smallest absolute Gasteiger partial charge is 0.134 e. The topological polar surface area (TPSA) is 49.8 Å². The molecule has 0 bridgehead atoms. The zero-order valence-corrected chi connectivity index (χ0v) is 12.0. The van der Waals surface area contributed by atoms with Gasteiger partial charge in [0, 0.05) is 18.7 Å². The minimum absolute atomic E-state index is 0.447. The lowest BCUT2D eigenvalue weighted by Crippen LogP contribution is -2.28. The van der Waals surface area contributed by atoms with Crippen LogP contribution in [-0.2, 0) is 12.8 Å². The van der Waals surface area contributed by atoms with Crippen LogP contribution in [-0.4, -0.2) is 23.1 Å². The van der Waals surface area contributed by atoms with E-state index in [1.54, 1.807) is 6.33 Å². The number of fused-ring (bicyclic) bond motifs is 1. The van der Waals surface area contributed by atoms with Crippen molar-refractivity contribution in [2.24, 2.45) is 0 Å². The Kier molecular flexibility index (Phi) is 3.54. The van der Waals surface area contributed by atoms with Crippen LogP contribution in [0.5, 0.6) is 0 Å². The summed E-state index contributed by atoms with van der Waals surface area (Å²) >= 11 is 0. The molecule has 0 saturated heterocycles. The minimum atomic E-state index is 0.447. The molecule has 0 aliphatic heterocycles. The maximum absolute atomic E-state index is 4.37. The third-order valence-corrected chi connectivity index (χ3v) is 4.01. The molecule has 1 aliphatic rings. The summed E-state index contributed by atoms with van der Waals surface area (Å²) in [6.45, 7) is 2.05. The van der Waals surface area contributed by atoms with Gasteiger partial charge in [0.2, 0.25) is 0 Å². The number of aromatic nitrogens is 2. The lowest BCUT2D eigenvalue weighted by molar-refractivity contribution is 0.608. The van der Waals surface area contributed by atoms with E-state index in [2.05, 4.69) is 44.9 Å². The summed E-state index contributed by atoms with van der Waals surface area (Å²) < 4.78 is 0. The van der Waals surface area contributed by atoms with E-state index in [4.69, 9.17) is 0 Å². The van der Waals surface area contributed by atoms with Gasteiger partial charge in [0.1, 0.15) is 18.0 Å². The van der Waals surface area contributed by atoms with Crippen LogP contribution in [0.4, 0.5) is 11.6 Å². The number of rotatable bonds is 3. The Morgan fingerprint density at radius 1 is 1.10 bits per heavy atom. The Labute approximate surface area is 119 Å². The molecule has 3 rings (SSSR count). The molecule has 1 aromatic carbocycles. The third-order valence-electron chi connectivity index (χ3n) is 4.01. The summed E-state index contributed by atoms with van der Waals surface area (Å²) in [4.78, 5) is 8.60. The van der Waals surface area contributed by atoms with Crippen molar-refractivity contribution in [2.45, 2.75) is 32.2 Å². The molecular weight excluding hydrogens is 248 g/mol. The van der Waals surface area contributed by atoms with Crippen LogP contribution < -0.4 is 10.6 Å². The Bertz CT molecular complexity index is 609. The largest absolute Gasteiger partial charge is 0.373 e. The Morgan fingerprint density at radius 2 is 1.85 bits per heavy atom. The molecule has 2 aromatic rings. The lowest BCUT2D eigenvalue weighted by Gasteiger charge is -2.26. The highest BCUT2D eigenvalue weighted by Crippen LogP contribution is 2.25. The summed E-state index contributed by atoms with van der Waals surface area (Å²) in [5, 5.41) is 6.67. The van der Waals surface area contributed by atoms with Crippen molar-refractivity contribution < 1.29 is 0 Å². The maximum Gasteiger partial charge on any atom is 0.134 e. The number of hydrogen-bond donors (Lipinski definition) is 2. The number of anilines is 2. The molecule has 2 N–H and O–H groups in total. The average molecular weight is 268 g/mol. The number of aryl methyl sites for hydroxylation is 1. The standard InChI is InChI=1S/C16H20N4/c1-11-15(17-2)18-10-19-16(11)20-14-8-7-12-5-3-4-6-13(12)9-14/h3-6,10,14H,7-9H2,1-2H3,(H2,17,18,19,20). The highest BCUT2D eigenvalue weighted by molar-refractivity contribution is 5.56. The van der Waals surface area contributed by atoms with Crippen LogP contribution in [0.25, 0.3) is 0 Å². The Morgan fingerprint density at radius 3 is 2.65 bits per heavy atom. The molecule has 4 heteroatoms. The molecule has 0 fully saturated rings. The number of nitrogens with zero attached hydrogens (tertiary/aromatic N) is 2. The second-order valence-electron chi connectivity index (χ2n) is 5.30. The quantitative estimate of drug-likeness (QED) is 0.898. The van der Waals surface area contributed by atoms with Gasteiger partial charge in [0.05, 0.1) is 0 Å². The zero-order valence-electron chi connectivity index (χ0n) is 12.0. The second-order valence-corrected chi connectivity index (χ2v) is 5.30. The first-order valence-electron chi connectivity index (χ1n) is 7.10. The van der Waals surface area contributed by atoms with Gasteiger partial charge in [-0.25, -0.2) is 9.97 Å². The molecule has 1 aliphatic carbocycles. The SMILES string of the molecule is CNc1ncnc(NC2CCc3ccccc3C2)c1C. The molecule has 104 valence electrons. The molecule has 1 heterocycles. The first-order chi connectivity index (χ1) is 9.78. The molecule has 0 spiro atoms. The molecule has 20 heavy (non-hydrogen) atoms. The van der Waals surface area contributed by atoms with E-state index < -0.39 is 0 Å². The molecule has 4 nitrogen and oxygen atoms in total. The summed E-state index contributed by atoms with van der Waals surface area (Å²) in [6.07, 6.45) is 4.96. The van der Waals surface area contributed by atoms with Crippen LogP contribution in [0, 0.1) is 6.92 Å². The minimum Gasteiger partial charge on any atom is -0.373 e. The van der Waals surface area contributed by atoms with Crippen LogP contribution in [0.2, 0.25) is 0 Å². The van der Waals surface area contributed by atoms with Gasteiger partial charge >= 0.3 is 0 Å². The van der Waals surface area contributed by atoms with Gasteiger partial charge < -0.3 is 10.6 Å². The highest BCUT2D eigenvalue weighted by Gasteiger charge is 2.19. The van der Waals surface area contributed by atoms with Crippen molar-refractivity contribution in [2.75, 3.05) is 17.7 Å². The van der Waals surface area contributed by atoms with Gasteiger partial charge in [-0.1, -0.05) is 24.3 Å².